The molecule has 2 amide bonds. The number of halogens is 1. The van der Waals surface area contributed by atoms with Gasteiger partial charge in [0, 0.05) is 29.3 Å². The van der Waals surface area contributed by atoms with Crippen LogP contribution < -0.4 is 5.32 Å². The standard InChI is InChI=1S/C27H33ClN6O3/c1-18-7-9-19(10-8-18)24(26(36)29-27(2,3)4)33(16-22-6-5-15-37-22)23(35)17-34-31-25(30-32-34)20-11-13-21(28)14-12-20/h7-14,22,24H,5-6,15-17H2,1-4H3,(H,29,36)/t22-,24+/m0/s1. The number of tetrazole rings is 1. The van der Waals surface area contributed by atoms with Gasteiger partial charge in [-0.05, 0) is 75.6 Å². The molecule has 1 aliphatic heterocycles. The maximum Gasteiger partial charge on any atom is 0.247 e. The van der Waals surface area contributed by atoms with Crippen LogP contribution in [0.15, 0.2) is 48.5 Å². The average molecular weight is 525 g/mol. The second-order valence-corrected chi connectivity index (χ2v) is 10.8. The zero-order valence-electron chi connectivity index (χ0n) is 21.6. The van der Waals surface area contributed by atoms with Crippen LogP contribution >= 0.6 is 11.6 Å². The van der Waals surface area contributed by atoms with Crippen molar-refractivity contribution in [3.8, 4) is 11.4 Å². The lowest BCUT2D eigenvalue weighted by Crippen LogP contribution is -2.51. The monoisotopic (exact) mass is 524 g/mol. The van der Waals surface area contributed by atoms with Crippen molar-refractivity contribution in [3.05, 3.63) is 64.7 Å². The summed E-state index contributed by atoms with van der Waals surface area (Å²) in [5.41, 5.74) is 2.06. The van der Waals surface area contributed by atoms with Crippen LogP contribution in [0, 0.1) is 6.92 Å². The molecule has 4 rings (SSSR count). The van der Waals surface area contributed by atoms with Crippen LogP contribution in [0.1, 0.15) is 50.8 Å². The van der Waals surface area contributed by atoms with Gasteiger partial charge < -0.3 is 15.0 Å². The van der Waals surface area contributed by atoms with E-state index in [0.29, 0.717) is 17.5 Å². The average Bonchev–Trinajstić information content (AvgIpc) is 3.51. The van der Waals surface area contributed by atoms with Crippen molar-refractivity contribution in [2.24, 2.45) is 0 Å². The second kappa shape index (κ2) is 11.4. The predicted molar refractivity (Wildman–Crippen MR) is 141 cm³/mol. The number of nitrogens with one attached hydrogen (secondary N) is 1. The summed E-state index contributed by atoms with van der Waals surface area (Å²) in [6.45, 7) is 8.50. The van der Waals surface area contributed by atoms with Crippen molar-refractivity contribution >= 4 is 23.4 Å². The number of hydrogen-bond acceptors (Lipinski definition) is 6. The number of carbonyl (C=O) groups is 2. The van der Waals surface area contributed by atoms with Gasteiger partial charge in [0.1, 0.15) is 12.6 Å². The number of aromatic nitrogens is 4. The first-order valence-corrected chi connectivity index (χ1v) is 12.8. The topological polar surface area (TPSA) is 102 Å². The quantitative estimate of drug-likeness (QED) is 0.478. The van der Waals surface area contributed by atoms with Gasteiger partial charge in [-0.3, -0.25) is 9.59 Å². The fraction of sp³-hybridized carbons (Fsp3) is 0.444. The smallest absolute Gasteiger partial charge is 0.247 e. The third-order valence-corrected chi connectivity index (χ3v) is 6.28. The Morgan fingerprint density at radius 2 is 1.86 bits per heavy atom. The summed E-state index contributed by atoms with van der Waals surface area (Å²) < 4.78 is 5.85. The van der Waals surface area contributed by atoms with E-state index in [1.54, 1.807) is 29.2 Å². The molecule has 0 unspecified atom stereocenters. The van der Waals surface area contributed by atoms with E-state index in [1.165, 1.54) is 4.80 Å². The van der Waals surface area contributed by atoms with E-state index in [1.807, 2.05) is 52.0 Å². The number of nitrogens with zero attached hydrogens (tertiary/aromatic N) is 5. The zero-order valence-corrected chi connectivity index (χ0v) is 22.4. The van der Waals surface area contributed by atoms with Crippen LogP contribution in [-0.4, -0.2) is 61.7 Å². The summed E-state index contributed by atoms with van der Waals surface area (Å²) in [6, 6.07) is 13.9. The van der Waals surface area contributed by atoms with E-state index in [4.69, 9.17) is 16.3 Å². The fourth-order valence-corrected chi connectivity index (χ4v) is 4.38. The van der Waals surface area contributed by atoms with Crippen LogP contribution in [0.4, 0.5) is 0 Å². The molecule has 0 spiro atoms. The largest absolute Gasteiger partial charge is 0.376 e. The van der Waals surface area contributed by atoms with E-state index in [2.05, 4.69) is 20.7 Å². The van der Waals surface area contributed by atoms with Gasteiger partial charge >= 0.3 is 0 Å². The lowest BCUT2D eigenvalue weighted by Gasteiger charge is -2.35. The van der Waals surface area contributed by atoms with Gasteiger partial charge in [0.05, 0.1) is 6.10 Å². The lowest BCUT2D eigenvalue weighted by molar-refractivity contribution is -0.144. The maximum absolute atomic E-state index is 13.8. The number of ether oxygens (including phenoxy) is 1. The van der Waals surface area contributed by atoms with Crippen LogP contribution in [0.25, 0.3) is 11.4 Å². The minimum absolute atomic E-state index is 0.146. The number of benzene rings is 2. The predicted octanol–water partition coefficient (Wildman–Crippen LogP) is 3.97. The van der Waals surface area contributed by atoms with Gasteiger partial charge in [0.15, 0.2) is 0 Å². The second-order valence-electron chi connectivity index (χ2n) is 10.4. The fourth-order valence-electron chi connectivity index (χ4n) is 4.26. The van der Waals surface area contributed by atoms with Gasteiger partial charge in [0.2, 0.25) is 17.6 Å². The van der Waals surface area contributed by atoms with E-state index >= 15 is 0 Å². The highest BCUT2D eigenvalue weighted by Crippen LogP contribution is 2.26. The van der Waals surface area contributed by atoms with Crippen molar-refractivity contribution in [2.45, 2.75) is 64.8 Å². The Balaban J connectivity index is 1.64. The van der Waals surface area contributed by atoms with Gasteiger partial charge in [-0.2, -0.15) is 4.80 Å². The van der Waals surface area contributed by atoms with E-state index in [-0.39, 0.29) is 31.0 Å². The Bertz CT molecular complexity index is 1210. The van der Waals surface area contributed by atoms with Crippen LogP contribution in [0.3, 0.4) is 0 Å². The zero-order chi connectivity index (χ0) is 26.6. The highest BCUT2D eigenvalue weighted by molar-refractivity contribution is 6.30. The Morgan fingerprint density at radius 1 is 1.16 bits per heavy atom. The molecule has 196 valence electrons. The van der Waals surface area contributed by atoms with E-state index in [0.717, 1.165) is 29.5 Å². The molecule has 1 aliphatic rings. The van der Waals surface area contributed by atoms with Gasteiger partial charge in [-0.1, -0.05) is 41.4 Å². The molecule has 1 saturated heterocycles. The molecule has 37 heavy (non-hydrogen) atoms. The molecule has 2 heterocycles. The minimum Gasteiger partial charge on any atom is -0.376 e. The first kappa shape index (κ1) is 26.8. The molecule has 1 aromatic heterocycles. The number of hydrogen-bond donors (Lipinski definition) is 1. The van der Waals surface area contributed by atoms with Crippen molar-refractivity contribution in [1.82, 2.24) is 30.4 Å². The van der Waals surface area contributed by atoms with Crippen LogP contribution in [0.2, 0.25) is 5.02 Å². The summed E-state index contributed by atoms with van der Waals surface area (Å²) in [6.07, 6.45) is 1.60. The Labute approximate surface area is 222 Å². The molecule has 10 heteroatoms. The van der Waals surface area contributed by atoms with Gasteiger partial charge in [-0.25, -0.2) is 0 Å². The summed E-state index contributed by atoms with van der Waals surface area (Å²) in [4.78, 5) is 30.3. The van der Waals surface area contributed by atoms with Crippen molar-refractivity contribution in [1.29, 1.82) is 0 Å². The number of aryl methyl sites for hydroxylation is 1. The van der Waals surface area contributed by atoms with E-state index < -0.39 is 11.6 Å². The van der Waals surface area contributed by atoms with Crippen molar-refractivity contribution < 1.29 is 14.3 Å². The molecule has 1 fully saturated rings. The Kier molecular flexibility index (Phi) is 8.24. The number of carbonyl (C=O) groups excluding carboxylic acids is 2. The third kappa shape index (κ3) is 7.14. The van der Waals surface area contributed by atoms with Gasteiger partial charge in [-0.15, -0.1) is 10.2 Å². The maximum atomic E-state index is 13.8. The minimum atomic E-state index is -0.837. The third-order valence-electron chi connectivity index (χ3n) is 6.03. The SMILES string of the molecule is Cc1ccc([C@H](C(=O)NC(C)(C)C)N(C[C@@H]2CCCO2)C(=O)Cn2nnc(-c3ccc(Cl)cc3)n2)cc1. The van der Waals surface area contributed by atoms with Crippen molar-refractivity contribution in [2.75, 3.05) is 13.2 Å². The molecule has 0 saturated carbocycles. The molecule has 2 atom stereocenters. The lowest BCUT2D eigenvalue weighted by atomic mass is 10.00. The summed E-state index contributed by atoms with van der Waals surface area (Å²) in [5, 5.41) is 16.2. The highest BCUT2D eigenvalue weighted by Gasteiger charge is 2.35. The molecule has 3 aromatic rings. The van der Waals surface area contributed by atoms with Gasteiger partial charge in [0.25, 0.3) is 0 Å². The molecule has 0 radical (unpaired) electrons. The number of amides is 2. The number of rotatable bonds is 8. The summed E-state index contributed by atoms with van der Waals surface area (Å²) in [5.74, 6) is -0.169. The summed E-state index contributed by atoms with van der Waals surface area (Å²) in [7, 11) is 0. The Morgan fingerprint density at radius 3 is 2.49 bits per heavy atom. The first-order chi connectivity index (χ1) is 17.6. The van der Waals surface area contributed by atoms with Crippen LogP contribution in [0.5, 0.6) is 0 Å². The molecular weight excluding hydrogens is 492 g/mol. The molecular formula is C27H33ClN6O3. The van der Waals surface area contributed by atoms with E-state index in [9.17, 15) is 9.59 Å². The normalized spacial score (nSPS) is 16.4. The van der Waals surface area contributed by atoms with Crippen LogP contribution in [-0.2, 0) is 20.9 Å². The molecule has 1 N–H and O–H groups in total. The first-order valence-electron chi connectivity index (χ1n) is 12.4. The Hall–Kier alpha value is -3.30. The molecule has 0 bridgehead atoms. The molecule has 0 aliphatic carbocycles. The molecule has 2 aromatic carbocycles. The van der Waals surface area contributed by atoms with Crippen molar-refractivity contribution in [3.63, 3.8) is 0 Å². The molecule has 9 nitrogen and oxygen atoms in total. The highest BCUT2D eigenvalue weighted by atomic mass is 35.5. The summed E-state index contributed by atoms with van der Waals surface area (Å²) >= 11 is 5.98.